The highest BCUT2D eigenvalue weighted by Crippen LogP contribution is 2.25. The van der Waals surface area contributed by atoms with E-state index in [1.54, 1.807) is 6.33 Å². The molecule has 5 aromatic rings. The maximum absolute atomic E-state index is 12.9. The van der Waals surface area contributed by atoms with Crippen molar-refractivity contribution in [3.8, 4) is 11.3 Å². The number of carbonyl (C=O) groups excluding carboxylic acids is 1. The minimum Gasteiger partial charge on any atom is -0.443 e. The molecule has 0 aliphatic carbocycles. The number of fused-ring (bicyclic) bond motifs is 1. The van der Waals surface area contributed by atoms with Gasteiger partial charge in [-0.3, -0.25) is 4.79 Å². The number of imidazole rings is 1. The lowest BCUT2D eigenvalue weighted by molar-refractivity contribution is 0.0988. The molecule has 1 N–H and O–H groups in total. The van der Waals surface area contributed by atoms with Crippen molar-refractivity contribution in [2.45, 2.75) is 33.2 Å². The van der Waals surface area contributed by atoms with Gasteiger partial charge in [-0.15, -0.1) is 0 Å². The van der Waals surface area contributed by atoms with Crippen LogP contribution in [0.15, 0.2) is 72.0 Å². The summed E-state index contributed by atoms with van der Waals surface area (Å²) in [5, 5.41) is 1.26. The third-order valence-corrected chi connectivity index (χ3v) is 5.70. The number of aromatic nitrogens is 4. The Morgan fingerprint density at radius 2 is 1.97 bits per heavy atom. The molecule has 160 valence electrons. The Morgan fingerprint density at radius 1 is 1.09 bits per heavy atom. The molecule has 6 nitrogen and oxygen atoms in total. The Labute approximate surface area is 185 Å². The summed E-state index contributed by atoms with van der Waals surface area (Å²) in [7, 11) is 0. The van der Waals surface area contributed by atoms with E-state index in [4.69, 9.17) is 4.42 Å². The van der Waals surface area contributed by atoms with Crippen molar-refractivity contribution in [2.24, 2.45) is 0 Å². The average molecular weight is 425 g/mol. The van der Waals surface area contributed by atoms with Crippen LogP contribution in [0.2, 0.25) is 0 Å². The van der Waals surface area contributed by atoms with E-state index < -0.39 is 0 Å². The molecular formula is C26H24N4O2. The smallest absolute Gasteiger partial charge is 0.191 e. The molecule has 5 rings (SSSR count). The first-order chi connectivity index (χ1) is 15.6. The number of hydrogen-bond acceptors (Lipinski definition) is 4. The molecule has 6 heteroatoms. The quantitative estimate of drug-likeness (QED) is 0.360. The molecule has 0 aliphatic heterocycles. The molecule has 0 atom stereocenters. The zero-order valence-corrected chi connectivity index (χ0v) is 18.1. The number of nitrogens with one attached hydrogen (secondary N) is 1. The Bertz CT molecular complexity index is 1410. The van der Waals surface area contributed by atoms with Crippen molar-refractivity contribution in [3.05, 3.63) is 95.7 Å². The molecule has 0 saturated carbocycles. The van der Waals surface area contributed by atoms with E-state index in [2.05, 4.69) is 46.3 Å². The average Bonchev–Trinajstić information content (AvgIpc) is 3.52. The summed E-state index contributed by atoms with van der Waals surface area (Å²) in [5.74, 6) is 0.403. The number of benzene rings is 2. The fourth-order valence-electron chi connectivity index (χ4n) is 4.05. The molecule has 32 heavy (non-hydrogen) atoms. The Hall–Kier alpha value is -3.93. The van der Waals surface area contributed by atoms with Gasteiger partial charge in [0.2, 0.25) is 0 Å². The number of nitrogens with zero attached hydrogens (tertiary/aromatic N) is 3. The van der Waals surface area contributed by atoms with Gasteiger partial charge in [-0.05, 0) is 44.0 Å². The summed E-state index contributed by atoms with van der Waals surface area (Å²) in [6.07, 6.45) is 8.19. The van der Waals surface area contributed by atoms with E-state index in [1.807, 2.05) is 42.0 Å². The van der Waals surface area contributed by atoms with Gasteiger partial charge >= 0.3 is 0 Å². The van der Waals surface area contributed by atoms with Gasteiger partial charge in [0, 0.05) is 35.4 Å². The van der Waals surface area contributed by atoms with Crippen LogP contribution in [-0.2, 0) is 19.4 Å². The fourth-order valence-corrected chi connectivity index (χ4v) is 4.05. The zero-order valence-electron chi connectivity index (χ0n) is 18.1. The number of hydrogen-bond donors (Lipinski definition) is 1. The number of ketones is 1. The van der Waals surface area contributed by atoms with Crippen LogP contribution in [0, 0.1) is 13.8 Å². The number of oxazole rings is 1. The molecular weight excluding hydrogens is 400 g/mol. The lowest BCUT2D eigenvalue weighted by atomic mass is 10.0. The van der Waals surface area contributed by atoms with Gasteiger partial charge in [0.05, 0.1) is 18.4 Å². The van der Waals surface area contributed by atoms with E-state index in [0.717, 1.165) is 35.3 Å². The van der Waals surface area contributed by atoms with Crippen LogP contribution in [-0.4, -0.2) is 25.3 Å². The molecule has 0 radical (unpaired) electrons. The van der Waals surface area contributed by atoms with Crippen molar-refractivity contribution in [1.29, 1.82) is 0 Å². The second-order valence-electron chi connectivity index (χ2n) is 8.22. The van der Waals surface area contributed by atoms with Crippen molar-refractivity contribution in [2.75, 3.05) is 0 Å². The Kier molecular flexibility index (Phi) is 5.19. The number of H-pyrrole nitrogens is 1. The first kappa shape index (κ1) is 20.0. The number of Topliss-reactive ketones (excluding diaryl/α,β-unsaturated/α-hetero) is 1. The van der Waals surface area contributed by atoms with Crippen molar-refractivity contribution in [1.82, 2.24) is 19.5 Å². The van der Waals surface area contributed by atoms with E-state index in [-0.39, 0.29) is 12.2 Å². The molecule has 0 unspecified atom stereocenters. The van der Waals surface area contributed by atoms with Crippen LogP contribution in [0.5, 0.6) is 0 Å². The highest BCUT2D eigenvalue weighted by Gasteiger charge is 2.19. The maximum atomic E-state index is 12.9. The van der Waals surface area contributed by atoms with Crippen LogP contribution in [0.25, 0.3) is 22.2 Å². The molecule has 3 heterocycles. The van der Waals surface area contributed by atoms with Gasteiger partial charge in [-0.1, -0.05) is 35.4 Å². The van der Waals surface area contributed by atoms with Crippen molar-refractivity contribution < 1.29 is 9.21 Å². The van der Waals surface area contributed by atoms with Crippen molar-refractivity contribution in [3.63, 3.8) is 0 Å². The largest absolute Gasteiger partial charge is 0.443 e. The number of rotatable bonds is 7. The summed E-state index contributed by atoms with van der Waals surface area (Å²) in [6, 6.07) is 14.3. The first-order valence-corrected chi connectivity index (χ1v) is 10.7. The predicted octanol–water partition coefficient (Wildman–Crippen LogP) is 5.30. The van der Waals surface area contributed by atoms with E-state index >= 15 is 0 Å². The number of carbonyl (C=O) groups is 1. The summed E-state index contributed by atoms with van der Waals surface area (Å²) >= 11 is 0. The molecule has 0 fully saturated rings. The molecule has 2 aromatic carbocycles. The van der Waals surface area contributed by atoms with E-state index in [1.165, 1.54) is 22.9 Å². The van der Waals surface area contributed by atoms with Gasteiger partial charge < -0.3 is 14.0 Å². The molecule has 0 amide bonds. The Morgan fingerprint density at radius 3 is 2.84 bits per heavy atom. The van der Waals surface area contributed by atoms with Gasteiger partial charge in [0.25, 0.3) is 0 Å². The molecule has 0 spiro atoms. The van der Waals surface area contributed by atoms with Gasteiger partial charge in [0.15, 0.2) is 23.6 Å². The molecule has 3 aromatic heterocycles. The number of aryl methyl sites for hydroxylation is 4. The van der Waals surface area contributed by atoms with Crippen LogP contribution in [0.4, 0.5) is 0 Å². The number of aromatic amines is 1. The summed E-state index contributed by atoms with van der Waals surface area (Å²) in [5.41, 5.74) is 6.70. The second-order valence-corrected chi connectivity index (χ2v) is 8.22. The lowest BCUT2D eigenvalue weighted by Gasteiger charge is -2.03. The standard InChI is InChI=1S/C26H24N4O2/c1-17-4-3-5-19(10-17)26-25(29-16-32-26)24(31)12-21-14-30(15-28-21)9-8-20-13-27-23-7-6-18(2)11-22(20)23/h3-7,10-11,13-16,27H,8-9,12H2,1-2H3. The van der Waals surface area contributed by atoms with Gasteiger partial charge in [-0.25, -0.2) is 9.97 Å². The van der Waals surface area contributed by atoms with Gasteiger partial charge in [0.1, 0.15) is 0 Å². The lowest BCUT2D eigenvalue weighted by Crippen LogP contribution is -2.06. The van der Waals surface area contributed by atoms with E-state index in [0.29, 0.717) is 11.5 Å². The maximum Gasteiger partial charge on any atom is 0.191 e. The molecule has 0 saturated heterocycles. The van der Waals surface area contributed by atoms with E-state index in [9.17, 15) is 4.79 Å². The fraction of sp³-hybridized carbons (Fsp3) is 0.192. The zero-order chi connectivity index (χ0) is 22.1. The summed E-state index contributed by atoms with van der Waals surface area (Å²) in [4.78, 5) is 24.9. The Balaban J connectivity index is 1.27. The van der Waals surface area contributed by atoms with Crippen LogP contribution in [0.3, 0.4) is 0 Å². The molecule has 0 aliphatic rings. The topological polar surface area (TPSA) is 76.7 Å². The minimum absolute atomic E-state index is 0.104. The predicted molar refractivity (Wildman–Crippen MR) is 124 cm³/mol. The highest BCUT2D eigenvalue weighted by molar-refractivity contribution is 6.00. The summed E-state index contributed by atoms with van der Waals surface area (Å²) in [6.45, 7) is 4.90. The third-order valence-electron chi connectivity index (χ3n) is 5.70. The molecule has 0 bridgehead atoms. The monoisotopic (exact) mass is 424 g/mol. The van der Waals surface area contributed by atoms with Crippen LogP contribution in [0.1, 0.15) is 32.9 Å². The van der Waals surface area contributed by atoms with Gasteiger partial charge in [-0.2, -0.15) is 0 Å². The van der Waals surface area contributed by atoms with Crippen LogP contribution < -0.4 is 0 Å². The third kappa shape index (κ3) is 3.99. The normalized spacial score (nSPS) is 11.3. The van der Waals surface area contributed by atoms with Crippen LogP contribution >= 0.6 is 0 Å². The SMILES string of the molecule is Cc1cccc(-c2ocnc2C(=O)Cc2cn(CCc3c[nH]c4ccc(C)cc34)cn2)c1. The highest BCUT2D eigenvalue weighted by atomic mass is 16.3. The second kappa shape index (κ2) is 8.30. The summed E-state index contributed by atoms with van der Waals surface area (Å²) < 4.78 is 7.56. The minimum atomic E-state index is -0.104. The van der Waals surface area contributed by atoms with Crippen molar-refractivity contribution >= 4 is 16.7 Å². The first-order valence-electron chi connectivity index (χ1n) is 10.7.